The number of nitrogens with two attached hydrogens (primary N) is 1. The van der Waals surface area contributed by atoms with Crippen LogP contribution in [0.4, 0.5) is 0 Å². The molecule has 3 atom stereocenters. The highest BCUT2D eigenvalue weighted by molar-refractivity contribution is 7.88. The molecular weight excluding hydrogens is 488 g/mol. The molecule has 2 aliphatic rings. The molecule has 0 aromatic heterocycles. The third-order valence-corrected chi connectivity index (χ3v) is 7.50. The fraction of sp³-hybridized carbons (Fsp3) is 0.667. The van der Waals surface area contributed by atoms with E-state index in [1.54, 1.807) is 17.0 Å². The Labute approximate surface area is 213 Å². The number of hydrogen-bond donors (Lipinski definition) is 3. The van der Waals surface area contributed by atoms with E-state index in [2.05, 4.69) is 11.6 Å². The Balaban J connectivity index is 1.85. The Morgan fingerprint density at radius 2 is 1.94 bits per heavy atom. The van der Waals surface area contributed by atoms with Crippen LogP contribution in [0.2, 0.25) is 0 Å². The van der Waals surface area contributed by atoms with Gasteiger partial charge in [-0.05, 0) is 43.5 Å². The van der Waals surface area contributed by atoms with E-state index in [0.29, 0.717) is 44.1 Å². The molecule has 202 valence electrons. The second-order valence-corrected chi connectivity index (χ2v) is 11.2. The van der Waals surface area contributed by atoms with E-state index < -0.39 is 33.9 Å². The maximum atomic E-state index is 13.3. The minimum absolute atomic E-state index is 0.0582. The third-order valence-electron chi connectivity index (χ3n) is 6.77. The van der Waals surface area contributed by atoms with E-state index in [1.807, 2.05) is 11.0 Å². The summed E-state index contributed by atoms with van der Waals surface area (Å²) in [6.07, 6.45) is 3.83. The molecule has 1 amide bonds. The van der Waals surface area contributed by atoms with Crippen LogP contribution >= 0.6 is 0 Å². The van der Waals surface area contributed by atoms with Crippen molar-refractivity contribution >= 4 is 21.9 Å². The summed E-state index contributed by atoms with van der Waals surface area (Å²) in [5.74, 6) is -1.12. The highest BCUT2D eigenvalue weighted by atomic mass is 32.2. The summed E-state index contributed by atoms with van der Waals surface area (Å²) in [5.41, 5.74) is 6.45. The first-order chi connectivity index (χ1) is 17.1. The maximum Gasteiger partial charge on any atom is 0.308 e. The Morgan fingerprint density at radius 1 is 1.22 bits per heavy atom. The largest absolute Gasteiger partial charge is 0.481 e. The van der Waals surface area contributed by atoms with Gasteiger partial charge >= 0.3 is 5.97 Å². The van der Waals surface area contributed by atoms with E-state index in [1.165, 1.54) is 0 Å². The molecule has 0 spiro atoms. The molecule has 1 unspecified atom stereocenters. The molecule has 1 saturated heterocycles. The lowest BCUT2D eigenvalue weighted by molar-refractivity contribution is -0.143. The molecule has 12 heteroatoms. The molecule has 4 N–H and O–H groups in total. The van der Waals surface area contributed by atoms with Crippen molar-refractivity contribution in [2.24, 2.45) is 11.7 Å². The van der Waals surface area contributed by atoms with Crippen LogP contribution < -0.4 is 19.9 Å². The predicted octanol–water partition coefficient (Wildman–Crippen LogP) is 0.801. The zero-order valence-electron chi connectivity index (χ0n) is 21.0. The Hall–Kier alpha value is -2.41. The van der Waals surface area contributed by atoms with Crippen molar-refractivity contribution in [1.82, 2.24) is 14.5 Å². The third kappa shape index (κ3) is 7.31. The number of rotatable bonds is 14. The number of carbonyl (C=O) groups is 2. The highest BCUT2D eigenvalue weighted by Gasteiger charge is 2.47. The normalized spacial score (nSPS) is 21.6. The molecule has 11 nitrogen and oxygen atoms in total. The van der Waals surface area contributed by atoms with Crippen molar-refractivity contribution in [2.45, 2.75) is 44.6 Å². The predicted molar refractivity (Wildman–Crippen MR) is 134 cm³/mol. The lowest BCUT2D eigenvalue weighted by Gasteiger charge is -2.29. The number of amides is 1. The van der Waals surface area contributed by atoms with E-state index in [-0.39, 0.29) is 32.2 Å². The quantitative estimate of drug-likeness (QED) is 0.320. The SMILES string of the molecule is CCCCN(CCCN)C(=O)CN1C[C@H](c2ccc3c(c2)OCO3)C(C(=O)O)[C@@H]1CCNS(C)(=O)=O. The van der Waals surface area contributed by atoms with Gasteiger partial charge < -0.3 is 25.2 Å². The second kappa shape index (κ2) is 12.7. The molecule has 0 saturated carbocycles. The molecule has 36 heavy (non-hydrogen) atoms. The smallest absolute Gasteiger partial charge is 0.308 e. The number of carboxylic acids is 1. The fourth-order valence-corrected chi connectivity index (χ4v) is 5.48. The van der Waals surface area contributed by atoms with E-state index in [0.717, 1.165) is 24.7 Å². The number of nitrogens with zero attached hydrogens (tertiary/aromatic N) is 2. The van der Waals surface area contributed by atoms with Crippen LogP contribution in [0.5, 0.6) is 11.5 Å². The Morgan fingerprint density at radius 3 is 2.61 bits per heavy atom. The van der Waals surface area contributed by atoms with Gasteiger partial charge in [-0.3, -0.25) is 14.5 Å². The van der Waals surface area contributed by atoms with Gasteiger partial charge in [0.2, 0.25) is 22.7 Å². The average Bonchev–Trinajstić information content (AvgIpc) is 3.42. The van der Waals surface area contributed by atoms with Crippen LogP contribution in [-0.2, 0) is 19.6 Å². The molecule has 1 aromatic carbocycles. The van der Waals surface area contributed by atoms with Crippen LogP contribution in [0, 0.1) is 5.92 Å². The molecular formula is C24H38N4O7S. The summed E-state index contributed by atoms with van der Waals surface area (Å²) in [4.78, 5) is 29.5. The first-order valence-corrected chi connectivity index (χ1v) is 14.3. The van der Waals surface area contributed by atoms with Crippen molar-refractivity contribution in [3.05, 3.63) is 23.8 Å². The maximum absolute atomic E-state index is 13.3. The molecule has 0 aliphatic carbocycles. The van der Waals surface area contributed by atoms with Crippen LogP contribution in [0.15, 0.2) is 18.2 Å². The zero-order valence-corrected chi connectivity index (χ0v) is 21.8. The van der Waals surface area contributed by atoms with Crippen LogP contribution in [0.1, 0.15) is 44.1 Å². The Kier molecular flexibility index (Phi) is 9.94. The van der Waals surface area contributed by atoms with Gasteiger partial charge in [-0.15, -0.1) is 0 Å². The van der Waals surface area contributed by atoms with Gasteiger partial charge in [-0.1, -0.05) is 19.4 Å². The van der Waals surface area contributed by atoms with E-state index in [4.69, 9.17) is 15.2 Å². The second-order valence-electron chi connectivity index (χ2n) is 9.41. The minimum Gasteiger partial charge on any atom is -0.481 e. The Bertz CT molecular complexity index is 1010. The first-order valence-electron chi connectivity index (χ1n) is 12.4. The summed E-state index contributed by atoms with van der Waals surface area (Å²) in [6, 6.07) is 4.87. The summed E-state index contributed by atoms with van der Waals surface area (Å²) in [5, 5.41) is 10.2. The van der Waals surface area contributed by atoms with Gasteiger partial charge in [0.15, 0.2) is 11.5 Å². The van der Waals surface area contributed by atoms with Gasteiger partial charge in [-0.2, -0.15) is 0 Å². The van der Waals surface area contributed by atoms with Crippen LogP contribution in [-0.4, -0.2) is 93.6 Å². The topological polar surface area (TPSA) is 152 Å². The monoisotopic (exact) mass is 526 g/mol. The van der Waals surface area contributed by atoms with Crippen molar-refractivity contribution in [2.75, 3.05) is 52.3 Å². The number of ether oxygens (including phenoxy) is 2. The highest BCUT2D eigenvalue weighted by Crippen LogP contribution is 2.42. The number of aliphatic carboxylic acids is 1. The molecule has 1 aromatic rings. The molecule has 0 radical (unpaired) electrons. The van der Waals surface area contributed by atoms with Gasteiger partial charge in [0.1, 0.15) is 0 Å². The number of likely N-dealkylation sites (tertiary alicyclic amines) is 1. The van der Waals surface area contributed by atoms with Crippen molar-refractivity contribution < 1.29 is 32.6 Å². The van der Waals surface area contributed by atoms with Crippen LogP contribution in [0.3, 0.4) is 0 Å². The number of unbranched alkanes of at least 4 members (excludes halogenated alkanes) is 1. The number of nitrogens with one attached hydrogen (secondary N) is 1. The average molecular weight is 527 g/mol. The van der Waals surface area contributed by atoms with Gasteiger partial charge in [0.05, 0.1) is 18.7 Å². The number of hydrogen-bond acceptors (Lipinski definition) is 8. The molecule has 1 fully saturated rings. The van der Waals surface area contributed by atoms with Crippen molar-refractivity contribution in [3.63, 3.8) is 0 Å². The molecule has 2 heterocycles. The molecule has 0 bridgehead atoms. The summed E-state index contributed by atoms with van der Waals surface area (Å²) >= 11 is 0. The van der Waals surface area contributed by atoms with E-state index in [9.17, 15) is 23.1 Å². The number of fused-ring (bicyclic) bond motifs is 1. The van der Waals surface area contributed by atoms with Crippen molar-refractivity contribution in [3.8, 4) is 11.5 Å². The van der Waals surface area contributed by atoms with Crippen LogP contribution in [0.25, 0.3) is 0 Å². The summed E-state index contributed by atoms with van der Waals surface area (Å²) < 4.78 is 36.6. The number of carbonyl (C=O) groups excluding carboxylic acids is 1. The van der Waals surface area contributed by atoms with Crippen molar-refractivity contribution in [1.29, 1.82) is 0 Å². The summed E-state index contributed by atoms with van der Waals surface area (Å²) in [7, 11) is -3.43. The summed E-state index contributed by atoms with van der Waals surface area (Å²) in [6.45, 7) is 4.32. The molecule has 2 aliphatic heterocycles. The number of carboxylic acid groups (broad SMARTS) is 1. The first kappa shape index (κ1) is 28.2. The number of sulfonamides is 1. The lowest BCUT2D eigenvalue weighted by Crippen LogP contribution is -2.45. The standard InChI is InChI=1S/C24H38N4O7S/c1-3-4-11-27(12-5-9-25)22(29)15-28-14-18(17-6-7-20-21(13-17)35-16-34-20)23(24(30)31)19(28)8-10-26-36(2,32)33/h6-7,13,18-19,23,26H,3-5,8-12,14-16,25H2,1-2H3,(H,30,31)/t18-,19+,23?/m1/s1. The minimum atomic E-state index is -3.43. The molecule has 3 rings (SSSR count). The van der Waals surface area contributed by atoms with Gasteiger partial charge in [-0.25, -0.2) is 13.1 Å². The fourth-order valence-electron chi connectivity index (χ4n) is 4.99. The van der Waals surface area contributed by atoms with Gasteiger partial charge in [0, 0.05) is 38.1 Å². The van der Waals surface area contributed by atoms with E-state index >= 15 is 0 Å². The van der Waals surface area contributed by atoms with Gasteiger partial charge in [0.25, 0.3) is 0 Å². The lowest BCUT2D eigenvalue weighted by atomic mass is 9.84. The number of benzene rings is 1. The zero-order chi connectivity index (χ0) is 26.3.